The Kier molecular flexibility index (Phi) is 9.76. The molecule has 200 valence electrons. The number of nitrogens with one attached hydrogen (secondary N) is 2. The van der Waals surface area contributed by atoms with E-state index in [0.717, 1.165) is 83.3 Å². The Labute approximate surface area is 216 Å². The molecule has 7 heteroatoms. The Morgan fingerprint density at radius 1 is 1.06 bits per heavy atom. The number of hydrogen-bond acceptors (Lipinski definition) is 4. The first-order valence-corrected chi connectivity index (χ1v) is 14.6. The van der Waals surface area contributed by atoms with Crippen LogP contribution in [0.4, 0.5) is 4.39 Å². The lowest BCUT2D eigenvalue weighted by Crippen LogP contribution is -2.46. The maximum absolute atomic E-state index is 14.5. The monoisotopic (exact) mass is 511 g/mol. The number of nitrogens with zero attached hydrogens (tertiary/aromatic N) is 1. The standard InChI is InChI=1S/C28H47ClFN3O2/c1-17-9-19(6-7-24(17)29)15-33-28(34)22-12-20(16-32-27-5-4-8-31-27)11-21(13-22)23-10-18(2)25(30)14-26(23)35-3/h17-26H,4-16H2,1-3H3,(H,31,32)(H,33,34). The molecule has 0 aromatic heterocycles. The van der Waals surface area contributed by atoms with Gasteiger partial charge in [-0.05, 0) is 86.9 Å². The van der Waals surface area contributed by atoms with Crippen molar-refractivity contribution < 1.29 is 13.9 Å². The van der Waals surface area contributed by atoms with Gasteiger partial charge in [0.25, 0.3) is 0 Å². The molecule has 5 nitrogen and oxygen atoms in total. The number of rotatable bonds is 7. The largest absolute Gasteiger partial charge is 0.381 e. The van der Waals surface area contributed by atoms with Crippen molar-refractivity contribution in [3.8, 4) is 0 Å². The number of aliphatic imine (C=N–C) groups is 1. The van der Waals surface area contributed by atoms with Crippen molar-refractivity contribution >= 4 is 23.3 Å². The van der Waals surface area contributed by atoms with Crippen LogP contribution in [0.3, 0.4) is 0 Å². The average molecular weight is 512 g/mol. The summed E-state index contributed by atoms with van der Waals surface area (Å²) in [7, 11) is 1.72. The van der Waals surface area contributed by atoms with Crippen LogP contribution >= 0.6 is 11.6 Å². The molecule has 0 bridgehead atoms. The SMILES string of the molecule is COC1CC(F)C(C)CC1C1CC(CNC2=NCCC2)CC(C(=O)NCC2CCC(Cl)C(C)C2)C1. The number of carbonyl (C=O) groups excluding carboxylic acids is 1. The van der Waals surface area contributed by atoms with E-state index < -0.39 is 6.17 Å². The van der Waals surface area contributed by atoms with Crippen LogP contribution in [-0.2, 0) is 9.53 Å². The van der Waals surface area contributed by atoms with Crippen molar-refractivity contribution in [3.63, 3.8) is 0 Å². The number of halogens is 2. The van der Waals surface area contributed by atoms with Gasteiger partial charge in [0.1, 0.15) is 6.17 Å². The summed E-state index contributed by atoms with van der Waals surface area (Å²) in [6, 6.07) is 0. The van der Waals surface area contributed by atoms with Gasteiger partial charge in [0.2, 0.25) is 5.91 Å². The van der Waals surface area contributed by atoms with Gasteiger partial charge < -0.3 is 15.4 Å². The third-order valence-electron chi connectivity index (χ3n) is 9.52. The lowest BCUT2D eigenvalue weighted by atomic mass is 9.64. The summed E-state index contributed by atoms with van der Waals surface area (Å²) in [5.74, 6) is 3.59. The number of ether oxygens (including phenoxy) is 1. The fraction of sp³-hybridized carbons (Fsp3) is 0.929. The van der Waals surface area contributed by atoms with Gasteiger partial charge in [-0.25, -0.2) is 4.39 Å². The number of amidine groups is 1. The highest BCUT2D eigenvalue weighted by Crippen LogP contribution is 2.45. The molecule has 0 aromatic rings. The second-order valence-corrected chi connectivity index (χ2v) is 12.7. The van der Waals surface area contributed by atoms with E-state index in [1.807, 2.05) is 6.92 Å². The van der Waals surface area contributed by atoms with E-state index in [1.165, 1.54) is 0 Å². The highest BCUT2D eigenvalue weighted by atomic mass is 35.5. The Hall–Kier alpha value is -0.880. The number of amides is 1. The van der Waals surface area contributed by atoms with Crippen LogP contribution in [0.1, 0.15) is 78.1 Å². The summed E-state index contributed by atoms with van der Waals surface area (Å²) in [5, 5.41) is 7.18. The second-order valence-electron chi connectivity index (χ2n) is 12.2. The summed E-state index contributed by atoms with van der Waals surface area (Å²) in [4.78, 5) is 18.0. The van der Waals surface area contributed by atoms with E-state index in [1.54, 1.807) is 7.11 Å². The predicted octanol–water partition coefficient (Wildman–Crippen LogP) is 5.36. The quantitative estimate of drug-likeness (QED) is 0.452. The van der Waals surface area contributed by atoms with Crippen LogP contribution in [0.25, 0.3) is 0 Å². The average Bonchev–Trinajstić information content (AvgIpc) is 3.38. The minimum absolute atomic E-state index is 0.0174. The van der Waals surface area contributed by atoms with Gasteiger partial charge in [-0.2, -0.15) is 0 Å². The number of hydrogen-bond donors (Lipinski definition) is 2. The fourth-order valence-electron chi connectivity index (χ4n) is 7.33. The van der Waals surface area contributed by atoms with Gasteiger partial charge in [-0.3, -0.25) is 9.79 Å². The predicted molar refractivity (Wildman–Crippen MR) is 141 cm³/mol. The minimum atomic E-state index is -0.790. The zero-order chi connectivity index (χ0) is 24.9. The molecule has 1 aliphatic heterocycles. The summed E-state index contributed by atoms with van der Waals surface area (Å²) in [5.41, 5.74) is 0. The maximum Gasteiger partial charge on any atom is 0.223 e. The van der Waals surface area contributed by atoms with Gasteiger partial charge >= 0.3 is 0 Å². The zero-order valence-electron chi connectivity index (χ0n) is 22.0. The van der Waals surface area contributed by atoms with Crippen LogP contribution in [0, 0.1) is 41.4 Å². The summed E-state index contributed by atoms with van der Waals surface area (Å²) >= 11 is 6.41. The molecule has 1 amide bonds. The minimum Gasteiger partial charge on any atom is -0.381 e. The molecule has 4 aliphatic rings. The molecule has 10 atom stereocenters. The first kappa shape index (κ1) is 27.2. The zero-order valence-corrected chi connectivity index (χ0v) is 22.7. The molecule has 2 N–H and O–H groups in total. The van der Waals surface area contributed by atoms with Gasteiger partial charge in [0.15, 0.2) is 0 Å². The third-order valence-corrected chi connectivity index (χ3v) is 10.2. The lowest BCUT2D eigenvalue weighted by Gasteiger charge is -2.45. The normalized spacial score (nSPS) is 42.4. The van der Waals surface area contributed by atoms with Crippen LogP contribution in [0.15, 0.2) is 4.99 Å². The van der Waals surface area contributed by atoms with E-state index in [4.69, 9.17) is 16.3 Å². The number of methoxy groups -OCH3 is 1. The third kappa shape index (κ3) is 7.12. The lowest BCUT2D eigenvalue weighted by molar-refractivity contribution is -0.129. The van der Waals surface area contributed by atoms with Crippen molar-refractivity contribution in [2.24, 2.45) is 46.4 Å². The van der Waals surface area contributed by atoms with Crippen LogP contribution in [0.5, 0.6) is 0 Å². The van der Waals surface area contributed by atoms with Crippen molar-refractivity contribution in [2.75, 3.05) is 26.7 Å². The van der Waals surface area contributed by atoms with E-state index in [9.17, 15) is 9.18 Å². The molecule has 10 unspecified atom stereocenters. The second kappa shape index (κ2) is 12.6. The van der Waals surface area contributed by atoms with Crippen molar-refractivity contribution in [3.05, 3.63) is 0 Å². The molecule has 0 aromatic carbocycles. The maximum atomic E-state index is 14.5. The van der Waals surface area contributed by atoms with Gasteiger partial charge in [0, 0.05) is 50.9 Å². The smallest absolute Gasteiger partial charge is 0.223 e. The number of alkyl halides is 2. The van der Waals surface area contributed by atoms with E-state index in [-0.39, 0.29) is 29.2 Å². The van der Waals surface area contributed by atoms with Crippen LogP contribution in [-0.4, -0.2) is 56.1 Å². The Morgan fingerprint density at radius 2 is 1.89 bits per heavy atom. The van der Waals surface area contributed by atoms with E-state index in [2.05, 4.69) is 22.5 Å². The molecule has 1 heterocycles. The Morgan fingerprint density at radius 3 is 2.60 bits per heavy atom. The summed E-state index contributed by atoms with van der Waals surface area (Å²) in [6.45, 7) is 6.82. The fourth-order valence-corrected chi connectivity index (χ4v) is 7.56. The molecule has 0 radical (unpaired) electrons. The van der Waals surface area contributed by atoms with Gasteiger partial charge in [-0.1, -0.05) is 13.8 Å². The summed E-state index contributed by atoms with van der Waals surface area (Å²) in [6.07, 6.45) is 8.78. The van der Waals surface area contributed by atoms with Crippen molar-refractivity contribution in [1.82, 2.24) is 10.6 Å². The van der Waals surface area contributed by atoms with Crippen LogP contribution < -0.4 is 10.6 Å². The summed E-state index contributed by atoms with van der Waals surface area (Å²) < 4.78 is 20.3. The highest BCUT2D eigenvalue weighted by Gasteiger charge is 2.43. The molecule has 3 aliphatic carbocycles. The molecule has 3 saturated carbocycles. The molecule has 0 saturated heterocycles. The Balaban J connectivity index is 1.39. The molecule has 3 fully saturated rings. The molecule has 35 heavy (non-hydrogen) atoms. The van der Waals surface area contributed by atoms with Crippen molar-refractivity contribution in [2.45, 2.75) is 95.7 Å². The van der Waals surface area contributed by atoms with Gasteiger partial charge in [-0.15, -0.1) is 11.6 Å². The number of carbonyl (C=O) groups is 1. The van der Waals surface area contributed by atoms with Gasteiger partial charge in [0.05, 0.1) is 11.9 Å². The highest BCUT2D eigenvalue weighted by molar-refractivity contribution is 6.20. The van der Waals surface area contributed by atoms with E-state index in [0.29, 0.717) is 36.0 Å². The molecular weight excluding hydrogens is 465 g/mol. The first-order valence-electron chi connectivity index (χ1n) is 14.2. The molecular formula is C28H47ClFN3O2. The van der Waals surface area contributed by atoms with Crippen LogP contribution in [0.2, 0.25) is 0 Å². The molecule has 0 spiro atoms. The van der Waals surface area contributed by atoms with E-state index >= 15 is 0 Å². The molecule has 4 rings (SSSR count). The Bertz CT molecular complexity index is 737. The first-order chi connectivity index (χ1) is 16.8. The topological polar surface area (TPSA) is 62.7 Å². The van der Waals surface area contributed by atoms with Crippen molar-refractivity contribution in [1.29, 1.82) is 0 Å².